The first kappa shape index (κ1) is 20.1. The molecule has 0 fully saturated rings. The van der Waals surface area contributed by atoms with Gasteiger partial charge >= 0.3 is 11.9 Å². The molecule has 10 heteroatoms. The lowest BCUT2D eigenvalue weighted by atomic mass is 10.2. The van der Waals surface area contributed by atoms with Crippen molar-refractivity contribution in [2.24, 2.45) is 0 Å². The van der Waals surface area contributed by atoms with Crippen LogP contribution in [0.2, 0.25) is 0 Å². The fraction of sp³-hybridized carbons (Fsp3) is 0.438. The molecule has 0 aliphatic heterocycles. The second-order valence-electron chi connectivity index (χ2n) is 5.36. The topological polar surface area (TPSA) is 111 Å². The van der Waals surface area contributed by atoms with E-state index in [9.17, 15) is 14.4 Å². The predicted octanol–water partition coefficient (Wildman–Crippen LogP) is 1.88. The van der Waals surface area contributed by atoms with Crippen LogP contribution in [0.5, 0.6) is 0 Å². The van der Waals surface area contributed by atoms with Crippen molar-refractivity contribution in [3.05, 3.63) is 37.9 Å². The number of carboxylic acids is 1. The Kier molecular flexibility index (Phi) is 7.34. The molecule has 0 aromatic carbocycles. The zero-order valence-electron chi connectivity index (χ0n) is 14.4. The van der Waals surface area contributed by atoms with Crippen molar-refractivity contribution in [1.29, 1.82) is 0 Å². The molecule has 8 nitrogen and oxygen atoms in total. The Bertz CT molecular complexity index is 847. The molecular formula is C16H19N3O5S2. The molecule has 0 bridgehead atoms. The van der Waals surface area contributed by atoms with E-state index in [0.717, 1.165) is 5.56 Å². The van der Waals surface area contributed by atoms with E-state index >= 15 is 0 Å². The number of aliphatic carboxylic acids is 1. The summed E-state index contributed by atoms with van der Waals surface area (Å²) in [6, 6.07) is 2.03. The van der Waals surface area contributed by atoms with Gasteiger partial charge in [0.2, 0.25) is 0 Å². The molecule has 140 valence electrons. The van der Waals surface area contributed by atoms with Crippen LogP contribution in [0.25, 0.3) is 0 Å². The number of carbonyl (C=O) groups is 2. The summed E-state index contributed by atoms with van der Waals surface area (Å²) in [5.74, 6) is -0.974. The number of aryl methyl sites for hydroxylation is 2. The number of rotatable bonds is 9. The van der Waals surface area contributed by atoms with Crippen LogP contribution in [0.4, 0.5) is 0 Å². The Hall–Kier alpha value is -2.20. The molecule has 0 aliphatic rings. The van der Waals surface area contributed by atoms with E-state index in [1.807, 2.05) is 18.4 Å². The van der Waals surface area contributed by atoms with Crippen LogP contribution in [0.1, 0.15) is 29.5 Å². The second-order valence-corrected chi connectivity index (χ2v) is 7.41. The van der Waals surface area contributed by atoms with Gasteiger partial charge in [0.15, 0.2) is 5.16 Å². The number of aromatic nitrogens is 3. The molecule has 0 atom stereocenters. The number of carbonyl (C=O) groups excluding carboxylic acids is 1. The molecule has 2 aromatic rings. The molecule has 1 N–H and O–H groups in total. The van der Waals surface area contributed by atoms with Gasteiger partial charge in [-0.3, -0.25) is 14.4 Å². The second kappa shape index (κ2) is 9.48. The summed E-state index contributed by atoms with van der Waals surface area (Å²) in [4.78, 5) is 39.8. The Morgan fingerprint density at radius 1 is 1.42 bits per heavy atom. The summed E-state index contributed by atoms with van der Waals surface area (Å²) in [6.45, 7) is 3.53. The first-order chi connectivity index (χ1) is 12.4. The average Bonchev–Trinajstić information content (AvgIpc) is 2.98. The summed E-state index contributed by atoms with van der Waals surface area (Å²) >= 11 is 2.87. The van der Waals surface area contributed by atoms with Crippen molar-refractivity contribution in [3.8, 4) is 0 Å². The molecule has 0 unspecified atom stereocenters. The number of thiophene rings is 1. The average molecular weight is 397 g/mol. The van der Waals surface area contributed by atoms with Crippen molar-refractivity contribution in [1.82, 2.24) is 14.8 Å². The largest absolute Gasteiger partial charge is 0.480 e. The molecule has 2 aromatic heterocycles. The third kappa shape index (κ3) is 5.95. The summed E-state index contributed by atoms with van der Waals surface area (Å²) in [5.41, 5.74) is 0.565. The van der Waals surface area contributed by atoms with Crippen LogP contribution in [0, 0.1) is 6.92 Å². The fourth-order valence-electron chi connectivity index (χ4n) is 2.11. The van der Waals surface area contributed by atoms with Crippen molar-refractivity contribution in [3.63, 3.8) is 0 Å². The first-order valence-corrected chi connectivity index (χ1v) is 9.77. The van der Waals surface area contributed by atoms with Crippen LogP contribution >= 0.6 is 23.1 Å². The monoisotopic (exact) mass is 397 g/mol. The van der Waals surface area contributed by atoms with E-state index in [0.29, 0.717) is 5.75 Å². The molecule has 0 aliphatic carbocycles. The maximum atomic E-state index is 12.2. The first-order valence-electron chi connectivity index (χ1n) is 7.91. The van der Waals surface area contributed by atoms with Gasteiger partial charge in [0.25, 0.3) is 5.56 Å². The highest BCUT2D eigenvalue weighted by Crippen LogP contribution is 2.23. The normalized spacial score (nSPS) is 10.7. The van der Waals surface area contributed by atoms with Crippen LogP contribution in [-0.4, -0.2) is 38.4 Å². The highest BCUT2D eigenvalue weighted by molar-refractivity contribution is 7.98. The molecule has 0 saturated heterocycles. The lowest BCUT2D eigenvalue weighted by molar-refractivity contribution is -0.143. The molecule has 0 saturated carbocycles. The van der Waals surface area contributed by atoms with Crippen molar-refractivity contribution in [2.45, 2.75) is 44.1 Å². The van der Waals surface area contributed by atoms with Crippen LogP contribution in [-0.2, 0) is 33.0 Å². The number of hydrogen-bond acceptors (Lipinski definition) is 8. The number of thioether (sulfide) groups is 1. The van der Waals surface area contributed by atoms with E-state index in [4.69, 9.17) is 9.84 Å². The standard InChI is InChI=1S/C16H19N3O5S2/c1-3-24-14(22)5-4-12-15(23)17-16(19(18-12)7-13(20)21)26-9-11-6-10(2)25-8-11/h6,8H,3-5,7,9H2,1-2H3,(H,20,21). The zero-order valence-corrected chi connectivity index (χ0v) is 16.1. The van der Waals surface area contributed by atoms with E-state index in [-0.39, 0.29) is 30.3 Å². The highest BCUT2D eigenvalue weighted by Gasteiger charge is 2.15. The van der Waals surface area contributed by atoms with Crippen molar-refractivity contribution < 1.29 is 19.4 Å². The number of nitrogens with zero attached hydrogens (tertiary/aromatic N) is 3. The minimum absolute atomic E-state index is 0.00843. The Balaban J connectivity index is 2.18. The van der Waals surface area contributed by atoms with Crippen molar-refractivity contribution >= 4 is 35.0 Å². The van der Waals surface area contributed by atoms with Crippen molar-refractivity contribution in [2.75, 3.05) is 6.61 Å². The Labute approximate surface area is 158 Å². The van der Waals surface area contributed by atoms with Gasteiger partial charge in [-0.2, -0.15) is 10.1 Å². The quantitative estimate of drug-likeness (QED) is 0.504. The van der Waals surface area contributed by atoms with E-state index in [1.54, 1.807) is 18.3 Å². The zero-order chi connectivity index (χ0) is 19.1. The smallest absolute Gasteiger partial charge is 0.325 e. The molecular weight excluding hydrogens is 378 g/mol. The molecule has 0 amide bonds. The lowest BCUT2D eigenvalue weighted by Gasteiger charge is -2.10. The van der Waals surface area contributed by atoms with Gasteiger partial charge in [-0.15, -0.1) is 11.3 Å². The van der Waals surface area contributed by atoms with E-state index in [1.165, 1.54) is 21.3 Å². The van der Waals surface area contributed by atoms with Crippen LogP contribution in [0.3, 0.4) is 0 Å². The summed E-state index contributed by atoms with van der Waals surface area (Å²) in [6.07, 6.45) is 0.0461. The summed E-state index contributed by atoms with van der Waals surface area (Å²) in [5, 5.41) is 15.4. The van der Waals surface area contributed by atoms with Crippen LogP contribution in [0.15, 0.2) is 21.4 Å². The van der Waals surface area contributed by atoms with Gasteiger partial charge in [-0.1, -0.05) is 11.8 Å². The lowest BCUT2D eigenvalue weighted by Crippen LogP contribution is -2.26. The summed E-state index contributed by atoms with van der Waals surface area (Å²) < 4.78 is 6.01. The minimum atomic E-state index is -1.09. The third-order valence-corrected chi connectivity index (χ3v) is 5.16. The Morgan fingerprint density at radius 3 is 2.81 bits per heavy atom. The number of esters is 1. The van der Waals surface area contributed by atoms with Gasteiger partial charge < -0.3 is 9.84 Å². The molecule has 0 spiro atoms. The fourth-order valence-corrected chi connectivity index (χ4v) is 3.79. The third-order valence-electron chi connectivity index (χ3n) is 3.22. The van der Waals surface area contributed by atoms with Gasteiger partial charge in [0.1, 0.15) is 12.2 Å². The SMILES string of the molecule is CCOC(=O)CCc1nn(CC(=O)O)c(SCc2csc(C)c2)nc1=O. The Morgan fingerprint density at radius 2 is 2.19 bits per heavy atom. The predicted molar refractivity (Wildman–Crippen MR) is 97.5 cm³/mol. The molecule has 2 rings (SSSR count). The minimum Gasteiger partial charge on any atom is -0.480 e. The van der Waals surface area contributed by atoms with Crippen LogP contribution < -0.4 is 5.56 Å². The molecule has 2 heterocycles. The number of ether oxygens (including phenoxy) is 1. The number of carboxylic acid groups (broad SMARTS) is 1. The van der Waals surface area contributed by atoms with E-state index in [2.05, 4.69) is 10.1 Å². The van der Waals surface area contributed by atoms with Gasteiger partial charge in [-0.05, 0) is 30.9 Å². The maximum Gasteiger partial charge on any atom is 0.325 e. The van der Waals surface area contributed by atoms with E-state index < -0.39 is 24.0 Å². The summed E-state index contributed by atoms with van der Waals surface area (Å²) in [7, 11) is 0. The van der Waals surface area contributed by atoms with Gasteiger partial charge in [0.05, 0.1) is 13.0 Å². The number of hydrogen-bond donors (Lipinski definition) is 1. The maximum absolute atomic E-state index is 12.2. The van der Waals surface area contributed by atoms with Gasteiger partial charge in [0, 0.05) is 17.1 Å². The molecule has 26 heavy (non-hydrogen) atoms. The highest BCUT2D eigenvalue weighted by atomic mass is 32.2. The van der Waals surface area contributed by atoms with Gasteiger partial charge in [-0.25, -0.2) is 4.68 Å². The molecule has 0 radical (unpaired) electrons.